The standard InChI is InChI=1S/C4H9NO.C2H4O/c1-2-3-4-5-6;1-2-3/h4-5H,2-3H2,1H3;2H,1H3. The summed E-state index contributed by atoms with van der Waals surface area (Å²) in [6, 6.07) is 0. The third-order valence-electron chi connectivity index (χ3n) is 0.516. The summed E-state index contributed by atoms with van der Waals surface area (Å²) < 4.78 is 0. The van der Waals surface area contributed by atoms with E-state index in [1.165, 1.54) is 13.1 Å². The predicted molar refractivity (Wildman–Crippen MR) is 37.0 cm³/mol. The van der Waals surface area contributed by atoms with Crippen LogP contribution in [0.3, 0.4) is 0 Å². The van der Waals surface area contributed by atoms with Crippen LogP contribution in [0.25, 0.3) is 0 Å². The van der Waals surface area contributed by atoms with E-state index in [0.29, 0.717) is 0 Å². The number of unbranched alkanes of at least 4 members (excludes halogenated alkanes) is 1. The van der Waals surface area contributed by atoms with E-state index in [2.05, 4.69) is 0 Å². The lowest BCUT2D eigenvalue weighted by Gasteiger charge is -1.76. The molecule has 0 aromatic heterocycles. The third kappa shape index (κ3) is 41.2. The molecule has 3 heteroatoms. The largest absolute Gasteiger partial charge is 0.626 e. The molecule has 1 N–H and O–H groups in total. The minimum atomic E-state index is 0.750. The Hall–Kier alpha value is -0.860. The summed E-state index contributed by atoms with van der Waals surface area (Å²) in [4.78, 5) is 8.81. The van der Waals surface area contributed by atoms with Crippen LogP contribution in [0.15, 0.2) is 0 Å². The molecular formula is C6H13NO2. The highest BCUT2D eigenvalue weighted by Gasteiger charge is 1.70. The highest BCUT2D eigenvalue weighted by atomic mass is 16.4. The van der Waals surface area contributed by atoms with Crippen molar-refractivity contribution in [3.05, 3.63) is 5.21 Å². The van der Waals surface area contributed by atoms with Crippen LogP contribution in [0.4, 0.5) is 0 Å². The molecule has 0 rings (SSSR count). The van der Waals surface area contributed by atoms with Gasteiger partial charge in [-0.3, -0.25) is 0 Å². The third-order valence-corrected chi connectivity index (χ3v) is 0.516. The van der Waals surface area contributed by atoms with Gasteiger partial charge in [0.1, 0.15) is 12.5 Å². The first-order chi connectivity index (χ1) is 4.33. The Morgan fingerprint density at radius 1 is 1.67 bits per heavy atom. The van der Waals surface area contributed by atoms with Crippen molar-refractivity contribution in [3.8, 4) is 0 Å². The maximum absolute atomic E-state index is 9.38. The van der Waals surface area contributed by atoms with Crippen LogP contribution in [-0.4, -0.2) is 12.5 Å². The number of hydrogen-bond donors (Lipinski definition) is 1. The second kappa shape index (κ2) is 15.7. The van der Waals surface area contributed by atoms with Gasteiger partial charge in [0, 0.05) is 6.42 Å². The summed E-state index contributed by atoms with van der Waals surface area (Å²) >= 11 is 0. The fourth-order valence-electron chi connectivity index (χ4n) is 0.203. The van der Waals surface area contributed by atoms with Crippen LogP contribution in [-0.2, 0) is 4.79 Å². The number of rotatable bonds is 2. The fourth-order valence-corrected chi connectivity index (χ4v) is 0.203. The monoisotopic (exact) mass is 131 g/mol. The van der Waals surface area contributed by atoms with Gasteiger partial charge in [-0.15, -0.1) is 0 Å². The molecule has 0 radical (unpaired) electrons. The minimum absolute atomic E-state index is 0.750. The highest BCUT2D eigenvalue weighted by Crippen LogP contribution is 1.73. The zero-order chi connectivity index (χ0) is 7.54. The lowest BCUT2D eigenvalue weighted by atomic mass is 10.4. The summed E-state index contributed by atoms with van der Waals surface area (Å²) in [6.07, 6.45) is 4.15. The van der Waals surface area contributed by atoms with Gasteiger partial charge in [0.2, 0.25) is 0 Å². The first-order valence-electron chi connectivity index (χ1n) is 2.92. The minimum Gasteiger partial charge on any atom is -0.626 e. The Balaban J connectivity index is 0. The van der Waals surface area contributed by atoms with E-state index in [1.807, 2.05) is 6.92 Å². The van der Waals surface area contributed by atoms with Crippen molar-refractivity contribution in [2.45, 2.75) is 26.7 Å². The molecule has 0 aliphatic rings. The Labute approximate surface area is 55.4 Å². The lowest BCUT2D eigenvalue weighted by Crippen LogP contribution is -2.60. The summed E-state index contributed by atoms with van der Waals surface area (Å²) in [6.45, 7) is 3.47. The second-order valence-corrected chi connectivity index (χ2v) is 1.35. The Morgan fingerprint density at radius 2 is 2.11 bits per heavy atom. The highest BCUT2D eigenvalue weighted by molar-refractivity contribution is 5.49. The van der Waals surface area contributed by atoms with Gasteiger partial charge in [0.05, 0.1) is 0 Å². The molecule has 0 fully saturated rings. The molecule has 0 aliphatic carbocycles. The zero-order valence-corrected chi connectivity index (χ0v) is 5.89. The van der Waals surface area contributed by atoms with E-state index in [4.69, 9.17) is 4.79 Å². The Morgan fingerprint density at radius 3 is 2.22 bits per heavy atom. The van der Waals surface area contributed by atoms with Crippen molar-refractivity contribution in [1.29, 1.82) is 0 Å². The molecule has 0 aromatic carbocycles. The number of nitrogens with one attached hydrogen (secondary N) is 1. The molecule has 0 saturated heterocycles. The smallest absolute Gasteiger partial charge is 0.148 e. The van der Waals surface area contributed by atoms with Crippen LogP contribution in [0.1, 0.15) is 26.7 Å². The first kappa shape index (κ1) is 11.0. The molecule has 54 valence electrons. The van der Waals surface area contributed by atoms with Gasteiger partial charge in [0.15, 0.2) is 0 Å². The molecule has 0 aliphatic heterocycles. The first-order valence-corrected chi connectivity index (χ1v) is 2.92. The molecule has 3 nitrogen and oxygen atoms in total. The molecule has 0 heterocycles. The topological polar surface area (TPSA) is 54.1 Å². The lowest BCUT2D eigenvalue weighted by molar-refractivity contribution is -0.368. The van der Waals surface area contributed by atoms with Gasteiger partial charge < -0.3 is 10.0 Å². The summed E-state index contributed by atoms with van der Waals surface area (Å²) in [5.41, 5.74) is 0. The van der Waals surface area contributed by atoms with Gasteiger partial charge in [-0.1, -0.05) is 6.92 Å². The average Bonchev–Trinajstić information content (AvgIpc) is 1.86. The number of carbonyl (C=O) groups is 1. The van der Waals surface area contributed by atoms with Crippen LogP contribution in [0, 0.1) is 5.21 Å². The van der Waals surface area contributed by atoms with Crippen molar-refractivity contribution >= 4 is 12.5 Å². The van der Waals surface area contributed by atoms with Gasteiger partial charge >= 0.3 is 0 Å². The Kier molecular flexibility index (Phi) is 19.2. The van der Waals surface area contributed by atoms with Crippen molar-refractivity contribution in [2.75, 3.05) is 0 Å². The molecular weight excluding hydrogens is 118 g/mol. The molecule has 0 amide bonds. The maximum atomic E-state index is 9.38. The van der Waals surface area contributed by atoms with E-state index >= 15 is 0 Å². The number of hydrogen-bond acceptors (Lipinski definition) is 2. The summed E-state index contributed by atoms with van der Waals surface area (Å²) in [5, 5.41) is 11.1. The van der Waals surface area contributed by atoms with E-state index in [-0.39, 0.29) is 0 Å². The van der Waals surface area contributed by atoms with Crippen LogP contribution in [0.5, 0.6) is 0 Å². The van der Waals surface area contributed by atoms with Gasteiger partial charge in [0.25, 0.3) is 0 Å². The maximum Gasteiger partial charge on any atom is 0.148 e. The van der Waals surface area contributed by atoms with Gasteiger partial charge in [-0.05, 0) is 13.3 Å². The number of carbonyl (C=O) groups excluding carboxylic acids is 1. The summed E-state index contributed by atoms with van der Waals surface area (Å²) in [7, 11) is 0. The normalized spacial score (nSPS) is 8.22. The van der Waals surface area contributed by atoms with E-state index in [9.17, 15) is 5.21 Å². The second-order valence-electron chi connectivity index (χ2n) is 1.35. The Bertz CT molecular complexity index is 71.5. The van der Waals surface area contributed by atoms with Crippen molar-refractivity contribution < 1.29 is 9.95 Å². The molecule has 0 spiro atoms. The quantitative estimate of drug-likeness (QED) is 0.241. The predicted octanol–water partition coefficient (Wildman–Crippen LogP) is -0.359. The SMILES string of the molecule is CC=O.CCCC=[NH+][O-]. The average molecular weight is 131 g/mol. The van der Waals surface area contributed by atoms with Crippen LogP contribution >= 0.6 is 0 Å². The van der Waals surface area contributed by atoms with Crippen molar-refractivity contribution in [3.63, 3.8) is 0 Å². The van der Waals surface area contributed by atoms with Crippen molar-refractivity contribution in [1.82, 2.24) is 0 Å². The van der Waals surface area contributed by atoms with Gasteiger partial charge in [-0.25, -0.2) is 5.16 Å². The van der Waals surface area contributed by atoms with Crippen LogP contribution < -0.4 is 5.16 Å². The van der Waals surface area contributed by atoms with E-state index in [0.717, 1.165) is 19.1 Å². The zero-order valence-electron chi connectivity index (χ0n) is 5.89. The van der Waals surface area contributed by atoms with Crippen molar-refractivity contribution in [2.24, 2.45) is 0 Å². The van der Waals surface area contributed by atoms with E-state index < -0.39 is 0 Å². The summed E-state index contributed by atoms with van der Waals surface area (Å²) in [5.74, 6) is 0. The molecule has 9 heavy (non-hydrogen) atoms. The molecule has 0 bridgehead atoms. The molecule has 0 saturated carbocycles. The fraction of sp³-hybridized carbons (Fsp3) is 0.667. The molecule has 0 aromatic rings. The molecule has 0 unspecified atom stereocenters. The molecule has 0 atom stereocenters. The van der Waals surface area contributed by atoms with E-state index in [1.54, 1.807) is 5.16 Å². The van der Waals surface area contributed by atoms with Gasteiger partial charge in [-0.2, -0.15) is 0 Å². The van der Waals surface area contributed by atoms with Crippen LogP contribution in [0.2, 0.25) is 0 Å². The number of aldehydes is 1.